The lowest BCUT2D eigenvalue weighted by Crippen LogP contribution is -2.10. The van der Waals surface area contributed by atoms with Crippen molar-refractivity contribution in [2.45, 2.75) is 32.3 Å². The molecule has 1 atom stereocenters. The molecule has 0 saturated heterocycles. The fraction of sp³-hybridized carbons (Fsp3) is 0.462. The van der Waals surface area contributed by atoms with Crippen molar-refractivity contribution in [2.75, 3.05) is 6.61 Å². The summed E-state index contributed by atoms with van der Waals surface area (Å²) in [4.78, 5) is 0. The third-order valence-corrected chi connectivity index (χ3v) is 2.29. The monoisotopic (exact) mass is 203 g/mol. The summed E-state index contributed by atoms with van der Waals surface area (Å²) in [7, 11) is 0. The van der Waals surface area contributed by atoms with Crippen molar-refractivity contribution < 1.29 is 4.74 Å². The van der Waals surface area contributed by atoms with E-state index in [0.717, 1.165) is 19.3 Å². The quantitative estimate of drug-likeness (QED) is 0.666. The second-order valence-corrected chi connectivity index (χ2v) is 3.49. The van der Waals surface area contributed by atoms with Crippen LogP contribution in [0.15, 0.2) is 30.3 Å². The second-order valence-electron chi connectivity index (χ2n) is 3.49. The molecule has 0 fully saturated rings. The lowest BCUT2D eigenvalue weighted by Gasteiger charge is -2.07. The second kappa shape index (κ2) is 7.03. The highest BCUT2D eigenvalue weighted by Crippen LogP contribution is 2.04. The van der Waals surface area contributed by atoms with Crippen molar-refractivity contribution in [3.05, 3.63) is 35.9 Å². The number of nitrogens with zero attached hydrogens (tertiary/aromatic N) is 1. The van der Waals surface area contributed by atoms with Crippen LogP contribution in [0.4, 0.5) is 0 Å². The molecule has 1 aromatic rings. The van der Waals surface area contributed by atoms with Crippen LogP contribution in [0.2, 0.25) is 0 Å². The number of hydrogen-bond acceptors (Lipinski definition) is 2. The molecule has 0 aromatic heterocycles. The summed E-state index contributed by atoms with van der Waals surface area (Å²) in [5.74, 6) is 0. The van der Waals surface area contributed by atoms with Gasteiger partial charge in [0.15, 0.2) is 0 Å². The maximum atomic E-state index is 8.67. The fourth-order valence-electron chi connectivity index (χ4n) is 1.39. The van der Waals surface area contributed by atoms with Crippen molar-refractivity contribution in [3.8, 4) is 6.07 Å². The van der Waals surface area contributed by atoms with Crippen LogP contribution < -0.4 is 0 Å². The maximum Gasteiger partial charge on any atom is 0.143 e. The Bertz CT molecular complexity index is 302. The molecule has 2 nitrogen and oxygen atoms in total. The van der Waals surface area contributed by atoms with E-state index >= 15 is 0 Å². The van der Waals surface area contributed by atoms with E-state index in [-0.39, 0.29) is 6.10 Å². The van der Waals surface area contributed by atoms with Crippen molar-refractivity contribution in [3.63, 3.8) is 0 Å². The van der Waals surface area contributed by atoms with Gasteiger partial charge in [-0.05, 0) is 24.8 Å². The topological polar surface area (TPSA) is 33.0 Å². The van der Waals surface area contributed by atoms with Gasteiger partial charge in [-0.25, -0.2) is 0 Å². The van der Waals surface area contributed by atoms with Crippen molar-refractivity contribution in [1.29, 1.82) is 5.26 Å². The predicted molar refractivity (Wildman–Crippen MR) is 60.4 cm³/mol. The van der Waals surface area contributed by atoms with Gasteiger partial charge in [0, 0.05) is 6.61 Å². The molecule has 0 N–H and O–H groups in total. The van der Waals surface area contributed by atoms with Crippen LogP contribution in [0.25, 0.3) is 0 Å². The Morgan fingerprint density at radius 1 is 1.33 bits per heavy atom. The van der Waals surface area contributed by atoms with Gasteiger partial charge in [-0.15, -0.1) is 0 Å². The van der Waals surface area contributed by atoms with Crippen LogP contribution in [0.3, 0.4) is 0 Å². The summed E-state index contributed by atoms with van der Waals surface area (Å²) in [6.45, 7) is 2.63. The van der Waals surface area contributed by atoms with Crippen molar-refractivity contribution >= 4 is 0 Å². The third-order valence-electron chi connectivity index (χ3n) is 2.29. The highest BCUT2D eigenvalue weighted by atomic mass is 16.5. The minimum absolute atomic E-state index is 0.235. The number of benzene rings is 1. The summed E-state index contributed by atoms with van der Waals surface area (Å²) >= 11 is 0. The van der Waals surface area contributed by atoms with E-state index in [1.165, 1.54) is 5.56 Å². The van der Waals surface area contributed by atoms with Gasteiger partial charge < -0.3 is 4.74 Å². The van der Waals surface area contributed by atoms with E-state index in [1.54, 1.807) is 0 Å². The number of nitriles is 1. The molecule has 0 aliphatic carbocycles. The van der Waals surface area contributed by atoms with Crippen LogP contribution in [0.1, 0.15) is 25.3 Å². The molecule has 1 rings (SSSR count). The van der Waals surface area contributed by atoms with Gasteiger partial charge in [-0.3, -0.25) is 0 Å². The molecule has 0 saturated carbocycles. The molecule has 0 aliphatic heterocycles. The Morgan fingerprint density at radius 3 is 2.67 bits per heavy atom. The van der Waals surface area contributed by atoms with Gasteiger partial charge in [-0.1, -0.05) is 37.3 Å². The van der Waals surface area contributed by atoms with Crippen molar-refractivity contribution in [2.24, 2.45) is 0 Å². The molecular weight excluding hydrogens is 186 g/mol. The van der Waals surface area contributed by atoms with Gasteiger partial charge in [-0.2, -0.15) is 5.26 Å². The highest BCUT2D eigenvalue weighted by Gasteiger charge is 2.02. The van der Waals surface area contributed by atoms with E-state index < -0.39 is 0 Å². The van der Waals surface area contributed by atoms with Crippen LogP contribution in [0, 0.1) is 11.3 Å². The molecule has 1 unspecified atom stereocenters. The van der Waals surface area contributed by atoms with Gasteiger partial charge in [0.05, 0.1) is 6.07 Å². The van der Waals surface area contributed by atoms with E-state index in [1.807, 2.05) is 25.1 Å². The molecule has 0 aliphatic rings. The number of ether oxygens (including phenoxy) is 1. The molecule has 80 valence electrons. The van der Waals surface area contributed by atoms with Crippen molar-refractivity contribution in [1.82, 2.24) is 0 Å². The Labute approximate surface area is 91.5 Å². The Kier molecular flexibility index (Phi) is 5.50. The zero-order valence-corrected chi connectivity index (χ0v) is 9.15. The first-order chi connectivity index (χ1) is 7.36. The third kappa shape index (κ3) is 4.62. The Morgan fingerprint density at radius 2 is 2.07 bits per heavy atom. The fourth-order valence-corrected chi connectivity index (χ4v) is 1.39. The molecule has 0 heterocycles. The molecular formula is C13H17NO. The summed E-state index contributed by atoms with van der Waals surface area (Å²) in [5.41, 5.74) is 1.33. The predicted octanol–water partition coefficient (Wildman–Crippen LogP) is 2.94. The molecule has 0 spiro atoms. The van der Waals surface area contributed by atoms with E-state index in [0.29, 0.717) is 6.61 Å². The Balaban J connectivity index is 2.15. The zero-order chi connectivity index (χ0) is 10.9. The van der Waals surface area contributed by atoms with Gasteiger partial charge in [0.25, 0.3) is 0 Å². The minimum Gasteiger partial charge on any atom is -0.363 e. The molecule has 0 radical (unpaired) electrons. The summed E-state index contributed by atoms with van der Waals surface area (Å²) in [5, 5.41) is 8.67. The lowest BCUT2D eigenvalue weighted by molar-refractivity contribution is 0.0859. The highest BCUT2D eigenvalue weighted by molar-refractivity contribution is 5.14. The Hall–Kier alpha value is -1.33. The number of hydrogen-bond donors (Lipinski definition) is 0. The smallest absolute Gasteiger partial charge is 0.143 e. The first-order valence-corrected chi connectivity index (χ1v) is 5.42. The molecule has 0 amide bonds. The standard InChI is InChI=1S/C13H17NO/c1-2-13(11-14)15-10-6-9-12-7-4-3-5-8-12/h3-5,7-8,13H,2,6,9-10H2,1H3. The van der Waals surface area contributed by atoms with Crippen LogP contribution >= 0.6 is 0 Å². The lowest BCUT2D eigenvalue weighted by atomic mass is 10.1. The largest absolute Gasteiger partial charge is 0.363 e. The first kappa shape index (κ1) is 11.7. The van der Waals surface area contributed by atoms with Crippen LogP contribution in [-0.2, 0) is 11.2 Å². The van der Waals surface area contributed by atoms with E-state index in [4.69, 9.17) is 10.00 Å². The summed E-state index contributed by atoms with van der Waals surface area (Å²) in [6, 6.07) is 12.5. The molecule has 0 bridgehead atoms. The minimum atomic E-state index is -0.235. The van der Waals surface area contributed by atoms with Crippen LogP contribution in [-0.4, -0.2) is 12.7 Å². The van der Waals surface area contributed by atoms with Gasteiger partial charge in [0.1, 0.15) is 6.10 Å². The molecule has 1 aromatic carbocycles. The average Bonchev–Trinajstić information content (AvgIpc) is 2.31. The normalized spacial score (nSPS) is 12.0. The summed E-state index contributed by atoms with van der Waals surface area (Å²) < 4.78 is 5.40. The number of rotatable bonds is 6. The molecule has 15 heavy (non-hydrogen) atoms. The average molecular weight is 203 g/mol. The SMILES string of the molecule is CCC(C#N)OCCCc1ccccc1. The molecule has 2 heteroatoms. The van der Waals surface area contributed by atoms with Crippen LogP contribution in [0.5, 0.6) is 0 Å². The van der Waals surface area contributed by atoms with Gasteiger partial charge in [0.2, 0.25) is 0 Å². The van der Waals surface area contributed by atoms with E-state index in [2.05, 4.69) is 18.2 Å². The number of aryl methyl sites for hydroxylation is 1. The first-order valence-electron chi connectivity index (χ1n) is 5.42. The zero-order valence-electron chi connectivity index (χ0n) is 9.15. The maximum absolute atomic E-state index is 8.67. The van der Waals surface area contributed by atoms with Gasteiger partial charge >= 0.3 is 0 Å². The summed E-state index contributed by atoms with van der Waals surface area (Å²) in [6.07, 6.45) is 2.52. The van der Waals surface area contributed by atoms with E-state index in [9.17, 15) is 0 Å².